The molecular formula is C16H17NO3S2. The van der Waals surface area contributed by atoms with Crippen LogP contribution in [0.1, 0.15) is 17.3 Å². The molecule has 0 saturated carbocycles. The molecule has 0 fully saturated rings. The Kier molecular flexibility index (Phi) is 5.76. The molecule has 4 nitrogen and oxygen atoms in total. The lowest BCUT2D eigenvalue weighted by Gasteiger charge is -2.07. The van der Waals surface area contributed by atoms with Gasteiger partial charge in [-0.2, -0.15) is 0 Å². The van der Waals surface area contributed by atoms with Crippen LogP contribution in [0, 0.1) is 0 Å². The summed E-state index contributed by atoms with van der Waals surface area (Å²) in [5, 5.41) is 0. The normalized spacial score (nSPS) is 11.3. The summed E-state index contributed by atoms with van der Waals surface area (Å²) in [6.07, 6.45) is 0. The molecule has 2 aromatic carbocycles. The molecule has 0 amide bonds. The Labute approximate surface area is 135 Å². The van der Waals surface area contributed by atoms with Gasteiger partial charge in [-0.3, -0.25) is 4.79 Å². The Balaban J connectivity index is 1.94. The quantitative estimate of drug-likeness (QED) is 0.480. The Morgan fingerprint density at radius 3 is 2.50 bits per heavy atom. The van der Waals surface area contributed by atoms with Gasteiger partial charge >= 0.3 is 0 Å². The van der Waals surface area contributed by atoms with Crippen molar-refractivity contribution in [3.8, 4) is 0 Å². The molecule has 0 bridgehead atoms. The van der Waals surface area contributed by atoms with Crippen molar-refractivity contribution in [2.24, 2.45) is 0 Å². The van der Waals surface area contributed by atoms with Crippen LogP contribution in [0.25, 0.3) is 0 Å². The fraction of sp³-hybridized carbons (Fsp3) is 0.188. The van der Waals surface area contributed by atoms with Gasteiger partial charge in [0.15, 0.2) is 5.78 Å². The van der Waals surface area contributed by atoms with Crippen molar-refractivity contribution in [3.05, 3.63) is 60.2 Å². The second-order valence-electron chi connectivity index (χ2n) is 4.64. The average molecular weight is 335 g/mol. The van der Waals surface area contributed by atoms with Crippen molar-refractivity contribution >= 4 is 27.6 Å². The van der Waals surface area contributed by atoms with E-state index in [-0.39, 0.29) is 10.7 Å². The molecular weight excluding hydrogens is 318 g/mol. The third kappa shape index (κ3) is 4.69. The molecule has 22 heavy (non-hydrogen) atoms. The summed E-state index contributed by atoms with van der Waals surface area (Å²) in [6.45, 7) is 1.74. The summed E-state index contributed by atoms with van der Waals surface area (Å²) < 4.78 is 26.9. The number of rotatable bonds is 7. The highest BCUT2D eigenvalue weighted by molar-refractivity contribution is 7.99. The van der Waals surface area contributed by atoms with Gasteiger partial charge < -0.3 is 0 Å². The van der Waals surface area contributed by atoms with Gasteiger partial charge in [-0.25, -0.2) is 13.1 Å². The zero-order valence-corrected chi connectivity index (χ0v) is 13.8. The number of thioether (sulfide) groups is 1. The SMILES string of the molecule is CC(=O)c1cccc(S(=O)(=O)NCCSc2ccccc2)c1. The van der Waals surface area contributed by atoms with Gasteiger partial charge in [-0.05, 0) is 31.2 Å². The number of Topliss-reactive ketones (excluding diaryl/α,β-unsaturated/α-hetero) is 1. The molecule has 2 aromatic rings. The fourth-order valence-electron chi connectivity index (χ4n) is 1.83. The summed E-state index contributed by atoms with van der Waals surface area (Å²) in [4.78, 5) is 12.5. The van der Waals surface area contributed by atoms with Crippen molar-refractivity contribution in [1.29, 1.82) is 0 Å². The van der Waals surface area contributed by atoms with Gasteiger partial charge in [0.2, 0.25) is 10.0 Å². The van der Waals surface area contributed by atoms with E-state index in [9.17, 15) is 13.2 Å². The van der Waals surface area contributed by atoms with E-state index in [2.05, 4.69) is 4.72 Å². The monoisotopic (exact) mass is 335 g/mol. The molecule has 0 spiro atoms. The summed E-state index contributed by atoms with van der Waals surface area (Å²) in [6, 6.07) is 15.9. The van der Waals surface area contributed by atoms with E-state index < -0.39 is 10.0 Å². The van der Waals surface area contributed by atoms with Crippen molar-refractivity contribution < 1.29 is 13.2 Å². The van der Waals surface area contributed by atoms with Crippen molar-refractivity contribution in [2.75, 3.05) is 12.3 Å². The number of sulfonamides is 1. The van der Waals surface area contributed by atoms with Gasteiger partial charge in [-0.15, -0.1) is 11.8 Å². The minimum atomic E-state index is -3.59. The second kappa shape index (κ2) is 7.58. The highest BCUT2D eigenvalue weighted by atomic mass is 32.2. The standard InChI is InChI=1S/C16H17NO3S2/c1-13(18)14-6-5-9-16(12-14)22(19,20)17-10-11-21-15-7-3-2-4-8-15/h2-9,12,17H,10-11H2,1H3. The zero-order valence-electron chi connectivity index (χ0n) is 12.2. The average Bonchev–Trinajstić information content (AvgIpc) is 2.53. The minimum Gasteiger partial charge on any atom is -0.295 e. The van der Waals surface area contributed by atoms with Crippen LogP contribution in [0.2, 0.25) is 0 Å². The predicted molar refractivity (Wildman–Crippen MR) is 88.8 cm³/mol. The Morgan fingerprint density at radius 2 is 1.82 bits per heavy atom. The zero-order chi connectivity index (χ0) is 16.0. The largest absolute Gasteiger partial charge is 0.295 e. The number of ketones is 1. The van der Waals surface area contributed by atoms with Gasteiger partial charge in [0.25, 0.3) is 0 Å². The number of hydrogen-bond donors (Lipinski definition) is 1. The lowest BCUT2D eigenvalue weighted by molar-refractivity contribution is 0.101. The molecule has 0 aliphatic rings. The van der Waals surface area contributed by atoms with Crippen LogP contribution >= 0.6 is 11.8 Å². The highest BCUT2D eigenvalue weighted by Gasteiger charge is 2.14. The van der Waals surface area contributed by atoms with Crippen LogP contribution in [0.5, 0.6) is 0 Å². The van der Waals surface area contributed by atoms with Crippen molar-refractivity contribution in [2.45, 2.75) is 16.7 Å². The first-order valence-corrected chi connectivity index (χ1v) is 9.24. The molecule has 0 aromatic heterocycles. The maximum atomic E-state index is 12.2. The molecule has 1 N–H and O–H groups in total. The summed E-state index contributed by atoms with van der Waals surface area (Å²) in [5.41, 5.74) is 0.390. The van der Waals surface area contributed by atoms with Crippen LogP contribution in [-0.2, 0) is 10.0 Å². The van der Waals surface area contributed by atoms with Crippen LogP contribution in [-0.4, -0.2) is 26.5 Å². The number of carbonyl (C=O) groups is 1. The smallest absolute Gasteiger partial charge is 0.240 e. The molecule has 0 aliphatic heterocycles. The molecule has 0 aliphatic carbocycles. The van der Waals surface area contributed by atoms with Gasteiger partial charge in [0.05, 0.1) is 4.90 Å². The van der Waals surface area contributed by atoms with E-state index in [0.717, 1.165) is 4.90 Å². The minimum absolute atomic E-state index is 0.116. The van der Waals surface area contributed by atoms with Gasteiger partial charge in [0.1, 0.15) is 0 Å². The first kappa shape index (κ1) is 16.7. The van der Waals surface area contributed by atoms with E-state index >= 15 is 0 Å². The van der Waals surface area contributed by atoms with Gasteiger partial charge in [0, 0.05) is 22.8 Å². The van der Waals surface area contributed by atoms with Crippen molar-refractivity contribution in [3.63, 3.8) is 0 Å². The Morgan fingerprint density at radius 1 is 1.09 bits per heavy atom. The Hall–Kier alpha value is -1.63. The number of hydrogen-bond acceptors (Lipinski definition) is 4. The second-order valence-corrected chi connectivity index (χ2v) is 7.58. The maximum Gasteiger partial charge on any atom is 0.240 e. The van der Waals surface area contributed by atoms with Crippen molar-refractivity contribution in [1.82, 2.24) is 4.72 Å². The fourth-order valence-corrected chi connectivity index (χ4v) is 3.82. The first-order chi connectivity index (χ1) is 10.5. The molecule has 0 atom stereocenters. The van der Waals surface area contributed by atoms with E-state index in [4.69, 9.17) is 0 Å². The first-order valence-electron chi connectivity index (χ1n) is 6.77. The summed E-state index contributed by atoms with van der Waals surface area (Å²) in [5.74, 6) is 0.479. The number of benzene rings is 2. The maximum absolute atomic E-state index is 12.2. The van der Waals surface area contributed by atoms with Gasteiger partial charge in [-0.1, -0.05) is 30.3 Å². The molecule has 0 unspecified atom stereocenters. The lowest BCUT2D eigenvalue weighted by atomic mass is 10.2. The third-order valence-electron chi connectivity index (χ3n) is 2.96. The number of nitrogens with one attached hydrogen (secondary N) is 1. The van der Waals surface area contributed by atoms with E-state index in [1.165, 1.54) is 19.1 Å². The molecule has 0 heterocycles. The topological polar surface area (TPSA) is 63.2 Å². The molecule has 0 saturated heterocycles. The molecule has 2 rings (SSSR count). The predicted octanol–water partition coefficient (Wildman–Crippen LogP) is 2.96. The molecule has 0 radical (unpaired) electrons. The third-order valence-corrected chi connectivity index (χ3v) is 5.43. The van der Waals surface area contributed by atoms with Crippen LogP contribution in [0.3, 0.4) is 0 Å². The highest BCUT2D eigenvalue weighted by Crippen LogP contribution is 2.16. The summed E-state index contributed by atoms with van der Waals surface area (Å²) >= 11 is 1.58. The van der Waals surface area contributed by atoms with E-state index in [1.54, 1.807) is 23.9 Å². The number of carbonyl (C=O) groups excluding carboxylic acids is 1. The molecule has 6 heteroatoms. The molecule has 116 valence electrons. The van der Waals surface area contributed by atoms with E-state index in [0.29, 0.717) is 17.9 Å². The Bertz CT molecular complexity index is 743. The summed E-state index contributed by atoms with van der Waals surface area (Å²) in [7, 11) is -3.59. The lowest BCUT2D eigenvalue weighted by Crippen LogP contribution is -2.26. The van der Waals surface area contributed by atoms with Crippen LogP contribution in [0.15, 0.2) is 64.4 Å². The van der Waals surface area contributed by atoms with Crippen LogP contribution < -0.4 is 4.72 Å². The van der Waals surface area contributed by atoms with Crippen LogP contribution in [0.4, 0.5) is 0 Å². The van der Waals surface area contributed by atoms with E-state index in [1.807, 2.05) is 30.3 Å².